The van der Waals surface area contributed by atoms with Crippen molar-refractivity contribution in [2.24, 2.45) is 0 Å². The lowest BCUT2D eigenvalue weighted by atomic mass is 10.2. The summed E-state index contributed by atoms with van der Waals surface area (Å²) >= 11 is 4.08. The maximum Gasteiger partial charge on any atom is 0.130 e. The molecule has 0 bridgehead atoms. The van der Waals surface area contributed by atoms with E-state index in [1.54, 1.807) is 5.67 Å². The molecule has 1 rings (SSSR count). The third-order valence-corrected chi connectivity index (χ3v) is 25.8. The summed E-state index contributed by atoms with van der Waals surface area (Å²) in [6, 6.07) is 1.46. The Morgan fingerprint density at radius 1 is 1.36 bits per heavy atom. The van der Waals surface area contributed by atoms with Crippen molar-refractivity contribution in [2.45, 2.75) is 50.0 Å². The summed E-state index contributed by atoms with van der Waals surface area (Å²) in [5.74, 6) is 0. The molecule has 0 nitrogen and oxygen atoms in total. The summed E-state index contributed by atoms with van der Waals surface area (Å²) < 4.78 is 0.905. The molecule has 1 heterocycles. The van der Waals surface area contributed by atoms with Gasteiger partial charge in [0.05, 0.1) is 0 Å². The molecule has 0 aromatic rings. The average Bonchev–Trinajstić information content (AvgIpc) is 2.04. The molecule has 11 heavy (non-hydrogen) atoms. The fraction of sp³-hybridized carbons (Fsp3) is 1.00. The van der Waals surface area contributed by atoms with E-state index < -0.39 is 6.69 Å². The second kappa shape index (κ2) is 3.34. The highest BCUT2D eigenvalue weighted by molar-refractivity contribution is 9.26. The number of hydrogen-bond acceptors (Lipinski definition) is 0. The molecule has 0 aromatic carbocycles. The normalized spacial score (nSPS) is 37.1. The topological polar surface area (TPSA) is 0 Å². The molecule has 0 saturated carbocycles. The van der Waals surface area contributed by atoms with Gasteiger partial charge in [0, 0.05) is 9.52 Å². The molecule has 0 N–H and O–H groups in total. The lowest BCUT2D eigenvalue weighted by molar-refractivity contribution is 0.644. The minimum Gasteiger partial charge on any atom is -0.126 e. The molecule has 0 spiro atoms. The molecule has 0 aliphatic carbocycles. The summed E-state index contributed by atoms with van der Waals surface area (Å²) in [7, 11) is 0.312. The van der Waals surface area contributed by atoms with Crippen LogP contribution in [0.1, 0.15) is 33.6 Å². The first-order chi connectivity index (χ1) is 5.14. The van der Waals surface area contributed by atoms with Gasteiger partial charge in [0.1, 0.15) is 6.69 Å². The van der Waals surface area contributed by atoms with Crippen molar-refractivity contribution in [2.75, 3.05) is 0 Å². The van der Waals surface area contributed by atoms with E-state index in [4.69, 9.17) is 0 Å². The van der Waals surface area contributed by atoms with Crippen LogP contribution in [-0.2, 0) is 0 Å². The van der Waals surface area contributed by atoms with Crippen LogP contribution >= 0.6 is 15.3 Å². The van der Waals surface area contributed by atoms with Gasteiger partial charge in [-0.1, -0.05) is 45.3 Å². The lowest BCUT2D eigenvalue weighted by Crippen LogP contribution is -2.56. The molecule has 1 saturated heterocycles. The molecular weight excluding hydrogens is 232 g/mol. The molecule has 0 radical (unpaired) electrons. The SMILES string of the molecule is CCC1(CC)[SiH2]C[Si]1(Br)CC. The molecule has 1 unspecified atom stereocenters. The average molecular weight is 251 g/mol. The van der Waals surface area contributed by atoms with Crippen molar-refractivity contribution in [3.63, 3.8) is 0 Å². The molecule has 1 aliphatic heterocycles. The Balaban J connectivity index is 2.70. The third-order valence-electron chi connectivity index (χ3n) is 3.86. The number of rotatable bonds is 3. The predicted molar refractivity (Wildman–Crippen MR) is 61.8 cm³/mol. The van der Waals surface area contributed by atoms with Crippen LogP contribution in [-0.4, -0.2) is 16.2 Å². The third kappa shape index (κ3) is 1.29. The van der Waals surface area contributed by atoms with Gasteiger partial charge in [-0.2, -0.15) is 0 Å². The summed E-state index contributed by atoms with van der Waals surface area (Å²) in [6.07, 6.45) is 2.92. The second-order valence-electron chi connectivity index (χ2n) is 3.81. The van der Waals surface area contributed by atoms with E-state index in [0.717, 1.165) is 4.66 Å². The molecule has 0 amide bonds. The highest BCUT2D eigenvalue weighted by Crippen LogP contribution is 2.59. The van der Waals surface area contributed by atoms with Crippen LogP contribution in [0.3, 0.4) is 0 Å². The maximum atomic E-state index is 4.08. The summed E-state index contributed by atoms with van der Waals surface area (Å²) in [6.45, 7) is 6.30. The van der Waals surface area contributed by atoms with E-state index >= 15 is 0 Å². The van der Waals surface area contributed by atoms with Gasteiger partial charge in [0.15, 0.2) is 0 Å². The standard InChI is InChI=1S/C8H19BrSi2/c1-4-8(5-2)10-7-11(8,9)6-3/h4-7,10H2,1-3H3. The number of halogens is 1. The Kier molecular flexibility index (Phi) is 3.04. The van der Waals surface area contributed by atoms with Gasteiger partial charge in [0.25, 0.3) is 0 Å². The monoisotopic (exact) mass is 250 g/mol. The van der Waals surface area contributed by atoms with Crippen LogP contribution in [0.4, 0.5) is 0 Å². The van der Waals surface area contributed by atoms with Crippen molar-refractivity contribution >= 4 is 31.5 Å². The minimum atomic E-state index is -0.876. The molecule has 66 valence electrons. The van der Waals surface area contributed by atoms with Gasteiger partial charge in [-0.05, 0) is 4.66 Å². The first-order valence-corrected chi connectivity index (χ1v) is 11.2. The zero-order chi connectivity index (χ0) is 8.54. The van der Waals surface area contributed by atoms with Gasteiger partial charge >= 0.3 is 0 Å². The Hall–Kier alpha value is 0.914. The maximum absolute atomic E-state index is 4.08. The summed E-state index contributed by atoms with van der Waals surface area (Å²) in [5.41, 5.74) is 1.66. The van der Waals surface area contributed by atoms with Crippen LogP contribution in [0.5, 0.6) is 0 Å². The van der Waals surface area contributed by atoms with E-state index in [1.807, 2.05) is 0 Å². The first kappa shape index (κ1) is 10.00. The summed E-state index contributed by atoms with van der Waals surface area (Å²) in [5, 5.41) is 0. The number of hydrogen-bond donors (Lipinski definition) is 0. The van der Waals surface area contributed by atoms with Crippen molar-refractivity contribution < 1.29 is 0 Å². The molecule has 1 fully saturated rings. The fourth-order valence-corrected chi connectivity index (χ4v) is 18.7. The predicted octanol–water partition coefficient (Wildman–Crippen LogP) is 3.00. The zero-order valence-electron chi connectivity index (χ0n) is 7.91. The van der Waals surface area contributed by atoms with E-state index in [9.17, 15) is 0 Å². The van der Waals surface area contributed by atoms with Gasteiger partial charge in [0.2, 0.25) is 0 Å². The van der Waals surface area contributed by atoms with E-state index in [-0.39, 0.29) is 0 Å². The van der Waals surface area contributed by atoms with Crippen LogP contribution in [0.2, 0.25) is 16.4 Å². The van der Waals surface area contributed by atoms with Crippen molar-refractivity contribution in [3.8, 4) is 0 Å². The van der Waals surface area contributed by atoms with Gasteiger partial charge in [-0.15, -0.1) is 15.3 Å². The van der Waals surface area contributed by atoms with Crippen LogP contribution < -0.4 is 0 Å². The molecule has 3 heteroatoms. The minimum absolute atomic E-state index is 0.312. The van der Waals surface area contributed by atoms with Gasteiger partial charge < -0.3 is 0 Å². The second-order valence-corrected chi connectivity index (χ2v) is 16.6. The van der Waals surface area contributed by atoms with Crippen LogP contribution in [0, 0.1) is 0 Å². The Bertz CT molecular complexity index is 136. The highest BCUT2D eigenvalue weighted by atomic mass is 79.9. The van der Waals surface area contributed by atoms with Crippen LogP contribution in [0.25, 0.3) is 0 Å². The van der Waals surface area contributed by atoms with Crippen molar-refractivity contribution in [3.05, 3.63) is 0 Å². The van der Waals surface area contributed by atoms with Crippen molar-refractivity contribution in [1.29, 1.82) is 0 Å². The van der Waals surface area contributed by atoms with Crippen LogP contribution in [0.15, 0.2) is 0 Å². The fourth-order valence-electron chi connectivity index (χ4n) is 2.54. The quantitative estimate of drug-likeness (QED) is 0.534. The summed E-state index contributed by atoms with van der Waals surface area (Å²) in [4.78, 5) is 0. The van der Waals surface area contributed by atoms with Gasteiger partial charge in [-0.25, -0.2) is 0 Å². The Labute approximate surface area is 81.6 Å². The highest BCUT2D eigenvalue weighted by Gasteiger charge is 2.55. The van der Waals surface area contributed by atoms with Crippen molar-refractivity contribution in [1.82, 2.24) is 0 Å². The first-order valence-electron chi connectivity index (χ1n) is 4.83. The van der Waals surface area contributed by atoms with E-state index in [0.29, 0.717) is 9.52 Å². The Morgan fingerprint density at radius 3 is 2.00 bits per heavy atom. The molecule has 1 aliphatic rings. The van der Waals surface area contributed by atoms with E-state index in [1.165, 1.54) is 18.9 Å². The Morgan fingerprint density at radius 2 is 1.91 bits per heavy atom. The smallest absolute Gasteiger partial charge is 0.126 e. The molecular formula is C8H19BrSi2. The lowest BCUT2D eigenvalue weighted by Gasteiger charge is -2.54. The molecule has 0 aromatic heterocycles. The molecule has 1 atom stereocenters. The van der Waals surface area contributed by atoms with E-state index in [2.05, 4.69) is 36.1 Å². The zero-order valence-corrected chi connectivity index (χ0v) is 11.9. The largest absolute Gasteiger partial charge is 0.130 e. The van der Waals surface area contributed by atoms with Gasteiger partial charge in [-0.3, -0.25) is 0 Å².